The van der Waals surface area contributed by atoms with Crippen LogP contribution >= 0.6 is 0 Å². The van der Waals surface area contributed by atoms with Crippen molar-refractivity contribution in [3.8, 4) is 23.1 Å². The Morgan fingerprint density at radius 1 is 1.02 bits per heavy atom. The van der Waals surface area contributed by atoms with Crippen LogP contribution in [0.4, 0.5) is 26.3 Å². The number of fused-ring (bicyclic) bond motifs is 3. The Bertz CT molecular complexity index is 1960. The second-order valence-corrected chi connectivity index (χ2v) is 10.00. The highest BCUT2D eigenvalue weighted by molar-refractivity contribution is 6.05. The van der Waals surface area contributed by atoms with E-state index in [1.165, 1.54) is 7.11 Å². The van der Waals surface area contributed by atoms with Gasteiger partial charge in [-0.2, -0.15) is 31.6 Å². The number of aromatic nitrogens is 4. The van der Waals surface area contributed by atoms with Crippen LogP contribution in [0.15, 0.2) is 52.1 Å². The molecule has 0 spiro atoms. The predicted molar refractivity (Wildman–Crippen MR) is 145 cm³/mol. The Kier molecular flexibility index (Phi) is 7.45. The Morgan fingerprint density at radius 3 is 2.20 bits per heavy atom. The van der Waals surface area contributed by atoms with Crippen LogP contribution in [0.2, 0.25) is 0 Å². The van der Waals surface area contributed by atoms with E-state index in [1.54, 1.807) is 54.6 Å². The minimum absolute atomic E-state index is 0.0663. The Balaban J connectivity index is 1.72. The van der Waals surface area contributed by atoms with Crippen LogP contribution in [0.3, 0.4) is 0 Å². The molecule has 0 bridgehead atoms. The molecule has 5 rings (SSSR count). The number of benzene rings is 2. The fourth-order valence-electron chi connectivity index (χ4n) is 5.54. The first kappa shape index (κ1) is 30.6. The fourth-order valence-corrected chi connectivity index (χ4v) is 5.54. The lowest BCUT2D eigenvalue weighted by Crippen LogP contribution is -2.55. The highest BCUT2D eigenvalue weighted by Gasteiger charge is 2.73. The van der Waals surface area contributed by atoms with Gasteiger partial charge in [0.1, 0.15) is 11.5 Å². The monoisotopic (exact) mass is 618 g/mol. The lowest BCUT2D eigenvalue weighted by atomic mass is 9.91. The number of methoxy groups -OCH3 is 2. The standard InChI is InChI=1S/C29H24F6N6O3/c1-15-24(16(2)44-39-15)20-10-21-19(11-23(20)42-4)25-22(12-37-21)40(3)26(38-14-36)41(25)13-17-6-8-18(9-7-17)27(43-5,28(30,31)32)29(33,34)35/h6-12H,13H2,1-5H3. The Labute approximate surface area is 245 Å². The van der Waals surface area contributed by atoms with Crippen LogP contribution < -0.4 is 10.4 Å². The first-order valence-corrected chi connectivity index (χ1v) is 12.9. The zero-order valence-corrected chi connectivity index (χ0v) is 23.9. The van der Waals surface area contributed by atoms with E-state index >= 15 is 0 Å². The van der Waals surface area contributed by atoms with Gasteiger partial charge in [-0.1, -0.05) is 29.4 Å². The topological polar surface area (TPSA) is 103 Å². The van der Waals surface area contributed by atoms with Gasteiger partial charge in [-0.25, -0.2) is 0 Å². The van der Waals surface area contributed by atoms with Gasteiger partial charge in [0.15, 0.2) is 0 Å². The lowest BCUT2D eigenvalue weighted by Gasteiger charge is -2.36. The van der Waals surface area contributed by atoms with Gasteiger partial charge < -0.3 is 23.1 Å². The summed E-state index contributed by atoms with van der Waals surface area (Å²) in [5, 5.41) is 14.0. The van der Waals surface area contributed by atoms with Crippen molar-refractivity contribution in [1.82, 2.24) is 19.3 Å². The number of hydrogen-bond acceptors (Lipinski definition) is 7. The number of aryl methyl sites for hydroxylation is 3. The molecule has 44 heavy (non-hydrogen) atoms. The van der Waals surface area contributed by atoms with E-state index < -0.39 is 23.5 Å². The molecule has 3 heterocycles. The summed E-state index contributed by atoms with van der Waals surface area (Å²) >= 11 is 0. The fraction of sp³-hybridized carbons (Fsp3) is 0.310. The molecule has 0 atom stereocenters. The van der Waals surface area contributed by atoms with Crippen LogP contribution in [0.5, 0.6) is 5.75 Å². The summed E-state index contributed by atoms with van der Waals surface area (Å²) < 4.78 is 101. The van der Waals surface area contributed by atoms with E-state index in [4.69, 9.17) is 9.26 Å². The maximum atomic E-state index is 13.8. The third-order valence-corrected chi connectivity index (χ3v) is 7.57. The summed E-state index contributed by atoms with van der Waals surface area (Å²) in [6.45, 7) is 3.49. The average molecular weight is 619 g/mol. The van der Waals surface area contributed by atoms with Gasteiger partial charge in [-0.05, 0) is 31.5 Å². The summed E-state index contributed by atoms with van der Waals surface area (Å²) in [5.41, 5.74) is -1.43. The van der Waals surface area contributed by atoms with Gasteiger partial charge in [0, 0.05) is 30.7 Å². The SMILES string of the molecule is COc1cc2c(cc1-c1c(C)noc1C)ncc1c2n(Cc2ccc(C(OC)(C(F)(F)F)C(F)(F)F)cc2)c(=NC#N)n1C. The molecule has 9 nitrogen and oxygen atoms in total. The summed E-state index contributed by atoms with van der Waals surface area (Å²) in [6.07, 6.45) is -8.23. The lowest BCUT2D eigenvalue weighted by molar-refractivity contribution is -0.383. The number of halogens is 6. The molecule has 0 unspecified atom stereocenters. The molecule has 3 aromatic heterocycles. The quantitative estimate of drug-likeness (QED) is 0.166. The summed E-state index contributed by atoms with van der Waals surface area (Å²) in [5.74, 6) is 1.04. The normalized spacial score (nSPS) is 13.2. The maximum Gasteiger partial charge on any atom is 0.430 e. The highest BCUT2D eigenvalue weighted by Crippen LogP contribution is 2.52. The van der Waals surface area contributed by atoms with Gasteiger partial charge in [0.05, 0.1) is 47.7 Å². The van der Waals surface area contributed by atoms with Crippen molar-refractivity contribution in [2.24, 2.45) is 12.0 Å². The minimum atomic E-state index is -5.78. The van der Waals surface area contributed by atoms with Crippen molar-refractivity contribution in [2.75, 3.05) is 14.2 Å². The molecule has 0 N–H and O–H groups in total. The van der Waals surface area contributed by atoms with Crippen LogP contribution in [0.25, 0.3) is 33.1 Å². The summed E-state index contributed by atoms with van der Waals surface area (Å²) in [7, 11) is 3.51. The summed E-state index contributed by atoms with van der Waals surface area (Å²) in [6, 6.07) is 7.29. The van der Waals surface area contributed by atoms with Crippen LogP contribution in [0.1, 0.15) is 22.6 Å². The van der Waals surface area contributed by atoms with Crippen LogP contribution in [-0.4, -0.2) is 45.8 Å². The van der Waals surface area contributed by atoms with Crippen molar-refractivity contribution < 1.29 is 40.3 Å². The van der Waals surface area contributed by atoms with Gasteiger partial charge in [-0.15, -0.1) is 4.99 Å². The van der Waals surface area contributed by atoms with Crippen molar-refractivity contribution >= 4 is 21.9 Å². The van der Waals surface area contributed by atoms with Gasteiger partial charge >= 0.3 is 12.4 Å². The summed E-state index contributed by atoms with van der Waals surface area (Å²) in [4.78, 5) is 8.54. The number of nitriles is 1. The molecule has 0 aliphatic heterocycles. The largest absolute Gasteiger partial charge is 0.496 e. The molecule has 5 aromatic rings. The number of hydrogen-bond donors (Lipinski definition) is 0. The van der Waals surface area contributed by atoms with Crippen molar-refractivity contribution in [3.63, 3.8) is 0 Å². The van der Waals surface area contributed by atoms with Crippen LogP contribution in [0, 0.1) is 25.3 Å². The molecule has 230 valence electrons. The van der Waals surface area contributed by atoms with Gasteiger partial charge in [-0.3, -0.25) is 4.98 Å². The second kappa shape index (κ2) is 10.7. The Hall–Kier alpha value is -4.84. The van der Waals surface area contributed by atoms with E-state index in [2.05, 4.69) is 19.9 Å². The Morgan fingerprint density at radius 2 is 1.68 bits per heavy atom. The number of imidazole rings is 1. The molecule has 0 aliphatic rings. The van der Waals surface area contributed by atoms with E-state index in [-0.39, 0.29) is 12.2 Å². The molecule has 0 aliphatic carbocycles. The van der Waals surface area contributed by atoms with E-state index in [9.17, 15) is 31.6 Å². The highest BCUT2D eigenvalue weighted by atomic mass is 19.4. The van der Waals surface area contributed by atoms with Crippen molar-refractivity contribution in [2.45, 2.75) is 38.3 Å². The average Bonchev–Trinajstić information content (AvgIpc) is 3.43. The van der Waals surface area contributed by atoms with Crippen molar-refractivity contribution in [1.29, 1.82) is 5.26 Å². The predicted octanol–water partition coefficient (Wildman–Crippen LogP) is 6.20. The molecule has 0 fully saturated rings. The second-order valence-electron chi connectivity index (χ2n) is 10.00. The first-order valence-electron chi connectivity index (χ1n) is 12.9. The third kappa shape index (κ3) is 4.57. The number of nitrogens with zero attached hydrogens (tertiary/aromatic N) is 6. The van der Waals surface area contributed by atoms with E-state index in [0.717, 1.165) is 29.8 Å². The van der Waals surface area contributed by atoms with Crippen molar-refractivity contribution in [3.05, 3.63) is 70.8 Å². The number of ether oxygens (including phenoxy) is 2. The molecule has 2 aromatic carbocycles. The zero-order valence-electron chi connectivity index (χ0n) is 23.9. The zero-order chi connectivity index (χ0) is 32.2. The third-order valence-electron chi connectivity index (χ3n) is 7.57. The molecule has 0 saturated heterocycles. The van der Waals surface area contributed by atoms with Crippen LogP contribution in [-0.2, 0) is 23.9 Å². The number of pyridine rings is 1. The first-order chi connectivity index (χ1) is 20.7. The molecule has 15 heteroatoms. The molecular weight excluding hydrogens is 594 g/mol. The minimum Gasteiger partial charge on any atom is -0.496 e. The van der Waals surface area contributed by atoms with Gasteiger partial charge in [0.2, 0.25) is 11.8 Å². The molecule has 0 saturated carbocycles. The smallest absolute Gasteiger partial charge is 0.430 e. The van der Waals surface area contributed by atoms with E-state index in [0.29, 0.717) is 57.4 Å². The molecular formula is C29H24F6N6O3. The maximum absolute atomic E-state index is 13.8. The molecule has 0 amide bonds. The number of alkyl halides is 6. The molecule has 0 radical (unpaired) electrons. The van der Waals surface area contributed by atoms with E-state index in [1.807, 2.05) is 0 Å². The van der Waals surface area contributed by atoms with Gasteiger partial charge in [0.25, 0.3) is 5.60 Å². The number of rotatable bonds is 6.